The maximum absolute atomic E-state index is 15.1. The van der Waals surface area contributed by atoms with Crippen LogP contribution in [0.3, 0.4) is 0 Å². The summed E-state index contributed by atoms with van der Waals surface area (Å²) in [6.07, 6.45) is 0.648. The lowest BCUT2D eigenvalue weighted by Gasteiger charge is -2.33. The van der Waals surface area contributed by atoms with Gasteiger partial charge in [-0.25, -0.2) is 23.3 Å². The van der Waals surface area contributed by atoms with Crippen molar-refractivity contribution in [2.75, 3.05) is 11.8 Å². The van der Waals surface area contributed by atoms with Crippen LogP contribution in [0.15, 0.2) is 54.7 Å². The topological polar surface area (TPSA) is 110 Å². The number of halogens is 2. The summed E-state index contributed by atoms with van der Waals surface area (Å²) >= 11 is 0. The maximum atomic E-state index is 15.1. The van der Waals surface area contributed by atoms with Crippen molar-refractivity contribution in [1.82, 2.24) is 14.6 Å². The molecule has 0 spiro atoms. The zero-order valence-electron chi connectivity index (χ0n) is 18.1. The minimum absolute atomic E-state index is 0.0967. The van der Waals surface area contributed by atoms with Gasteiger partial charge in [-0.3, -0.25) is 9.62 Å². The number of carbonyl (C=O) groups is 1. The van der Waals surface area contributed by atoms with E-state index in [2.05, 4.69) is 9.71 Å². The van der Waals surface area contributed by atoms with Crippen LogP contribution in [0.5, 0.6) is 17.4 Å². The third-order valence-electron chi connectivity index (χ3n) is 5.21. The van der Waals surface area contributed by atoms with Crippen LogP contribution >= 0.6 is 0 Å². The van der Waals surface area contributed by atoms with Crippen molar-refractivity contribution >= 4 is 22.0 Å². The molecular formula is C22H20F2N4O5S. The molecular weight excluding hydrogens is 470 g/mol. The molecule has 2 heterocycles. The van der Waals surface area contributed by atoms with Crippen LogP contribution in [0.25, 0.3) is 0 Å². The molecule has 0 bridgehead atoms. The van der Waals surface area contributed by atoms with Gasteiger partial charge < -0.3 is 9.47 Å². The van der Waals surface area contributed by atoms with Gasteiger partial charge in [-0.2, -0.15) is 8.42 Å². The summed E-state index contributed by atoms with van der Waals surface area (Å²) in [4.78, 5) is 17.8. The number of anilines is 1. The van der Waals surface area contributed by atoms with Crippen LogP contribution < -0.4 is 18.9 Å². The minimum Gasteiger partial charge on any atom is -0.436 e. The van der Waals surface area contributed by atoms with Crippen LogP contribution in [-0.2, 0) is 16.8 Å². The van der Waals surface area contributed by atoms with E-state index in [4.69, 9.17) is 9.47 Å². The van der Waals surface area contributed by atoms with Gasteiger partial charge in [-0.1, -0.05) is 12.1 Å². The van der Waals surface area contributed by atoms with Gasteiger partial charge in [0.1, 0.15) is 11.5 Å². The first-order valence-corrected chi connectivity index (χ1v) is 11.6. The molecule has 0 fully saturated rings. The average Bonchev–Trinajstić information content (AvgIpc) is 2.81. The number of hydrogen-bond acceptors (Lipinski definition) is 6. The Morgan fingerprint density at radius 2 is 1.97 bits per heavy atom. The van der Waals surface area contributed by atoms with E-state index in [0.717, 1.165) is 0 Å². The first-order valence-electron chi connectivity index (χ1n) is 10.1. The Kier molecular flexibility index (Phi) is 6.35. The summed E-state index contributed by atoms with van der Waals surface area (Å²) in [6, 6.07) is 10.7. The lowest BCUT2D eigenvalue weighted by atomic mass is 10.0. The molecule has 34 heavy (non-hydrogen) atoms. The Balaban J connectivity index is 1.56. The predicted octanol–water partition coefficient (Wildman–Crippen LogP) is 4.10. The summed E-state index contributed by atoms with van der Waals surface area (Å²) in [5, 5.41) is 0. The second-order valence-electron chi connectivity index (χ2n) is 7.35. The Labute approximate surface area is 194 Å². The molecule has 12 heteroatoms. The van der Waals surface area contributed by atoms with E-state index in [1.807, 2.05) is 4.72 Å². The highest BCUT2D eigenvalue weighted by Gasteiger charge is 2.32. The van der Waals surface area contributed by atoms with Crippen LogP contribution in [0, 0.1) is 11.6 Å². The van der Waals surface area contributed by atoms with Crippen molar-refractivity contribution in [3.8, 4) is 17.4 Å². The largest absolute Gasteiger partial charge is 0.436 e. The SMILES string of the molecule is CNS(=O)(=O)Nc1cccc([C@@H](C)N2Cc3ccc(Oc4ncccc4F)cc3OC2=O)c1F. The van der Waals surface area contributed by atoms with Crippen LogP contribution in [0.4, 0.5) is 19.3 Å². The molecule has 2 aromatic carbocycles. The van der Waals surface area contributed by atoms with Crippen molar-refractivity contribution in [2.24, 2.45) is 0 Å². The second-order valence-corrected chi connectivity index (χ2v) is 8.97. The Hall–Kier alpha value is -3.77. The summed E-state index contributed by atoms with van der Waals surface area (Å²) in [5.74, 6) is -1.23. The second kappa shape index (κ2) is 9.23. The number of carbonyl (C=O) groups excluding carboxylic acids is 1. The van der Waals surface area contributed by atoms with Crippen molar-refractivity contribution in [2.45, 2.75) is 19.5 Å². The molecule has 1 aromatic heterocycles. The molecule has 2 N–H and O–H groups in total. The number of ether oxygens (including phenoxy) is 2. The van der Waals surface area contributed by atoms with Crippen molar-refractivity contribution in [3.63, 3.8) is 0 Å². The number of fused-ring (bicyclic) bond motifs is 1. The third-order valence-corrected chi connectivity index (χ3v) is 6.24. The van der Waals surface area contributed by atoms with Crippen molar-refractivity contribution in [3.05, 3.63) is 77.5 Å². The molecule has 0 unspecified atom stereocenters. The summed E-state index contributed by atoms with van der Waals surface area (Å²) in [6.45, 7) is 1.70. The van der Waals surface area contributed by atoms with Gasteiger partial charge in [-0.05, 0) is 37.3 Å². The van der Waals surface area contributed by atoms with E-state index in [-0.39, 0.29) is 35.2 Å². The molecule has 1 atom stereocenters. The fourth-order valence-corrected chi connectivity index (χ4v) is 3.94. The highest BCUT2D eigenvalue weighted by atomic mass is 32.2. The molecule has 1 aliphatic heterocycles. The highest BCUT2D eigenvalue weighted by Crippen LogP contribution is 2.36. The lowest BCUT2D eigenvalue weighted by molar-refractivity contribution is 0.118. The monoisotopic (exact) mass is 490 g/mol. The Bertz CT molecular complexity index is 1350. The number of amides is 1. The molecule has 0 aliphatic carbocycles. The fraction of sp³-hybridized carbons (Fsp3) is 0.182. The minimum atomic E-state index is -3.93. The molecule has 0 saturated carbocycles. The number of nitrogens with one attached hydrogen (secondary N) is 2. The summed E-state index contributed by atoms with van der Waals surface area (Å²) in [5.41, 5.74) is 0.461. The molecule has 0 saturated heterocycles. The van der Waals surface area contributed by atoms with E-state index in [9.17, 15) is 17.6 Å². The van der Waals surface area contributed by atoms with Gasteiger partial charge in [0, 0.05) is 30.4 Å². The number of rotatable bonds is 7. The number of aromatic nitrogens is 1. The maximum Gasteiger partial charge on any atom is 0.416 e. The normalized spacial score (nSPS) is 14.2. The van der Waals surface area contributed by atoms with E-state index >= 15 is 4.39 Å². The zero-order valence-corrected chi connectivity index (χ0v) is 18.9. The Morgan fingerprint density at radius 1 is 1.18 bits per heavy atom. The van der Waals surface area contributed by atoms with Gasteiger partial charge in [0.15, 0.2) is 11.6 Å². The zero-order chi connectivity index (χ0) is 24.5. The quantitative estimate of drug-likeness (QED) is 0.516. The molecule has 4 rings (SSSR count). The summed E-state index contributed by atoms with van der Waals surface area (Å²) in [7, 11) is -2.74. The van der Waals surface area contributed by atoms with E-state index in [0.29, 0.717) is 5.56 Å². The van der Waals surface area contributed by atoms with E-state index in [1.54, 1.807) is 19.1 Å². The van der Waals surface area contributed by atoms with Crippen LogP contribution in [-0.4, -0.2) is 31.4 Å². The van der Waals surface area contributed by atoms with Gasteiger partial charge in [0.05, 0.1) is 18.3 Å². The number of hydrogen-bond donors (Lipinski definition) is 2. The van der Waals surface area contributed by atoms with Crippen molar-refractivity contribution in [1.29, 1.82) is 0 Å². The molecule has 1 aliphatic rings. The first-order chi connectivity index (χ1) is 16.2. The van der Waals surface area contributed by atoms with Gasteiger partial charge in [-0.15, -0.1) is 0 Å². The molecule has 0 radical (unpaired) electrons. The van der Waals surface area contributed by atoms with Crippen LogP contribution in [0.1, 0.15) is 24.1 Å². The van der Waals surface area contributed by atoms with Crippen molar-refractivity contribution < 1.29 is 31.5 Å². The lowest BCUT2D eigenvalue weighted by Crippen LogP contribution is -2.39. The fourth-order valence-electron chi connectivity index (χ4n) is 3.39. The average molecular weight is 490 g/mol. The number of nitrogens with zero attached hydrogens (tertiary/aromatic N) is 2. The summed E-state index contributed by atoms with van der Waals surface area (Å²) < 4.78 is 67.3. The third kappa shape index (κ3) is 4.77. The predicted molar refractivity (Wildman–Crippen MR) is 119 cm³/mol. The first kappa shape index (κ1) is 23.4. The molecule has 3 aromatic rings. The van der Waals surface area contributed by atoms with Gasteiger partial charge in [0.25, 0.3) is 16.1 Å². The number of benzene rings is 2. The van der Waals surface area contributed by atoms with Crippen LogP contribution in [0.2, 0.25) is 0 Å². The van der Waals surface area contributed by atoms with E-state index in [1.165, 1.54) is 54.5 Å². The molecule has 178 valence electrons. The van der Waals surface area contributed by atoms with Gasteiger partial charge in [0.2, 0.25) is 0 Å². The Morgan fingerprint density at radius 3 is 2.71 bits per heavy atom. The molecule has 1 amide bonds. The smallest absolute Gasteiger partial charge is 0.416 e. The van der Waals surface area contributed by atoms with E-state index < -0.39 is 34.0 Å². The standard InChI is InChI=1S/C22H20F2N4O5S/c1-13(16-5-3-7-18(20(16)24)27-34(30,31)25-2)28-12-14-8-9-15(11-19(14)33-22(28)29)32-21-17(23)6-4-10-26-21/h3-11,13,25,27H,12H2,1-2H3/t13-/m1/s1. The number of pyridine rings is 1. The molecule has 9 nitrogen and oxygen atoms in total. The highest BCUT2D eigenvalue weighted by molar-refractivity contribution is 7.90. The van der Waals surface area contributed by atoms with Gasteiger partial charge >= 0.3 is 6.09 Å².